The Kier molecular flexibility index (Phi) is 4.78. The molecule has 72 valence electrons. The third-order valence-corrected chi connectivity index (χ3v) is 2.48. The molecule has 1 atom stereocenters. The van der Waals surface area contributed by atoms with Gasteiger partial charge in [-0.15, -0.1) is 0 Å². The second-order valence-corrected chi connectivity index (χ2v) is 3.81. The highest BCUT2D eigenvalue weighted by atomic mass is 32.2. The maximum atomic E-state index is 4.13. The Morgan fingerprint density at radius 1 is 1.46 bits per heavy atom. The Labute approximate surface area is 83.4 Å². The van der Waals surface area contributed by atoms with Crippen LogP contribution in [-0.2, 0) is 6.54 Å². The lowest BCUT2D eigenvalue weighted by Gasteiger charge is -2.10. The number of hydrogen-bond donors (Lipinski definition) is 1. The highest BCUT2D eigenvalue weighted by molar-refractivity contribution is 7.98. The normalized spacial score (nSPS) is 12.8. The smallest absolute Gasteiger partial charge is 0.141 e. The summed E-state index contributed by atoms with van der Waals surface area (Å²) in [5.74, 6) is 1.97. The fourth-order valence-corrected chi connectivity index (χ4v) is 1.61. The number of aromatic nitrogens is 2. The molecule has 0 aliphatic carbocycles. The lowest BCUT2D eigenvalue weighted by Crippen LogP contribution is -2.28. The van der Waals surface area contributed by atoms with Crippen molar-refractivity contribution in [3.63, 3.8) is 0 Å². The van der Waals surface area contributed by atoms with Crippen molar-refractivity contribution in [1.29, 1.82) is 0 Å². The Morgan fingerprint density at radius 2 is 2.15 bits per heavy atom. The summed E-state index contributed by atoms with van der Waals surface area (Å²) in [4.78, 5) is 8.26. The van der Waals surface area contributed by atoms with Gasteiger partial charge in [0.05, 0.1) is 6.54 Å². The van der Waals surface area contributed by atoms with Crippen molar-refractivity contribution in [2.24, 2.45) is 0 Å². The zero-order valence-corrected chi connectivity index (χ0v) is 8.84. The van der Waals surface area contributed by atoms with E-state index in [1.165, 1.54) is 0 Å². The Balaban J connectivity index is 2.27. The summed E-state index contributed by atoms with van der Waals surface area (Å²) in [6.07, 6.45) is 5.64. The van der Waals surface area contributed by atoms with E-state index >= 15 is 0 Å². The first kappa shape index (κ1) is 10.5. The van der Waals surface area contributed by atoms with Crippen molar-refractivity contribution in [3.05, 3.63) is 24.3 Å². The van der Waals surface area contributed by atoms with Crippen molar-refractivity contribution >= 4 is 11.8 Å². The molecule has 0 fully saturated rings. The molecule has 1 aromatic rings. The van der Waals surface area contributed by atoms with Gasteiger partial charge in [-0.25, -0.2) is 9.97 Å². The van der Waals surface area contributed by atoms with Gasteiger partial charge in [-0.3, -0.25) is 0 Å². The number of nitrogens with zero attached hydrogens (tertiary/aromatic N) is 2. The molecule has 13 heavy (non-hydrogen) atoms. The van der Waals surface area contributed by atoms with Gasteiger partial charge in [-0.2, -0.15) is 11.8 Å². The molecule has 0 bridgehead atoms. The van der Waals surface area contributed by atoms with Crippen molar-refractivity contribution in [2.75, 3.05) is 12.0 Å². The van der Waals surface area contributed by atoms with E-state index in [9.17, 15) is 0 Å². The van der Waals surface area contributed by atoms with Gasteiger partial charge < -0.3 is 5.32 Å². The summed E-state index contributed by atoms with van der Waals surface area (Å²) in [7, 11) is 0. The summed E-state index contributed by atoms with van der Waals surface area (Å²) < 4.78 is 0. The van der Waals surface area contributed by atoms with Crippen LogP contribution >= 0.6 is 11.8 Å². The van der Waals surface area contributed by atoms with E-state index in [-0.39, 0.29) is 0 Å². The van der Waals surface area contributed by atoms with Crippen LogP contribution in [0.1, 0.15) is 12.7 Å². The van der Waals surface area contributed by atoms with E-state index in [4.69, 9.17) is 0 Å². The number of rotatable bonds is 5. The van der Waals surface area contributed by atoms with Crippen LogP contribution < -0.4 is 5.32 Å². The Bertz CT molecular complexity index is 228. The number of hydrogen-bond acceptors (Lipinski definition) is 4. The highest BCUT2D eigenvalue weighted by Gasteiger charge is 2.00. The van der Waals surface area contributed by atoms with Crippen LogP contribution in [0.25, 0.3) is 0 Å². The minimum atomic E-state index is 0.513. The fraction of sp³-hybridized carbons (Fsp3) is 0.556. The third-order valence-electron chi connectivity index (χ3n) is 1.64. The van der Waals surface area contributed by atoms with Gasteiger partial charge in [0.1, 0.15) is 5.82 Å². The Hall–Kier alpha value is -0.610. The van der Waals surface area contributed by atoms with E-state index in [0.717, 1.165) is 18.1 Å². The first-order valence-corrected chi connectivity index (χ1v) is 5.70. The number of thioether (sulfide) groups is 1. The summed E-state index contributed by atoms with van der Waals surface area (Å²) in [5, 5.41) is 3.35. The molecule has 1 N–H and O–H groups in total. The zero-order valence-electron chi connectivity index (χ0n) is 8.03. The monoisotopic (exact) mass is 197 g/mol. The summed E-state index contributed by atoms with van der Waals surface area (Å²) in [6.45, 7) is 2.92. The predicted molar refractivity (Wildman–Crippen MR) is 56.7 cm³/mol. The third kappa shape index (κ3) is 4.24. The van der Waals surface area contributed by atoms with Gasteiger partial charge >= 0.3 is 0 Å². The Morgan fingerprint density at radius 3 is 2.77 bits per heavy atom. The molecule has 0 aliphatic rings. The minimum Gasteiger partial charge on any atom is -0.306 e. The quantitative estimate of drug-likeness (QED) is 0.772. The van der Waals surface area contributed by atoms with Crippen LogP contribution in [0, 0.1) is 0 Å². The van der Waals surface area contributed by atoms with Crippen LogP contribution in [0.2, 0.25) is 0 Å². The summed E-state index contributed by atoms with van der Waals surface area (Å²) >= 11 is 1.84. The van der Waals surface area contributed by atoms with E-state index in [0.29, 0.717) is 6.04 Å². The molecular formula is C9H15N3S. The first-order chi connectivity index (χ1) is 6.33. The average Bonchev–Trinajstić information content (AvgIpc) is 2.17. The summed E-state index contributed by atoms with van der Waals surface area (Å²) in [6, 6.07) is 2.34. The van der Waals surface area contributed by atoms with Crippen LogP contribution in [0.3, 0.4) is 0 Å². The van der Waals surface area contributed by atoms with Crippen LogP contribution in [0.15, 0.2) is 18.5 Å². The minimum absolute atomic E-state index is 0.513. The molecule has 0 aromatic carbocycles. The molecule has 1 unspecified atom stereocenters. The van der Waals surface area contributed by atoms with Crippen molar-refractivity contribution < 1.29 is 0 Å². The fourth-order valence-electron chi connectivity index (χ4n) is 0.996. The largest absolute Gasteiger partial charge is 0.306 e. The molecule has 0 radical (unpaired) electrons. The van der Waals surface area contributed by atoms with Crippen molar-refractivity contribution in [3.8, 4) is 0 Å². The maximum absolute atomic E-state index is 4.13. The molecular weight excluding hydrogens is 182 g/mol. The lowest BCUT2D eigenvalue weighted by molar-refractivity contribution is 0.579. The SMILES string of the molecule is CSCC(C)NCc1ncccn1. The van der Waals surface area contributed by atoms with E-state index in [1.54, 1.807) is 12.4 Å². The van der Waals surface area contributed by atoms with E-state index in [1.807, 2.05) is 17.8 Å². The van der Waals surface area contributed by atoms with Crippen LogP contribution in [0.5, 0.6) is 0 Å². The second kappa shape index (κ2) is 5.94. The standard InChI is InChI=1S/C9H15N3S/c1-8(7-13-2)12-6-9-10-4-3-5-11-9/h3-5,8,12H,6-7H2,1-2H3. The molecule has 1 heterocycles. The first-order valence-electron chi connectivity index (χ1n) is 4.31. The molecule has 1 aromatic heterocycles. The molecule has 4 heteroatoms. The molecule has 0 aliphatic heterocycles. The van der Waals surface area contributed by atoms with Gasteiger partial charge in [0.2, 0.25) is 0 Å². The van der Waals surface area contributed by atoms with E-state index < -0.39 is 0 Å². The molecule has 0 saturated heterocycles. The zero-order chi connectivity index (χ0) is 9.52. The van der Waals surface area contributed by atoms with Crippen LogP contribution in [-0.4, -0.2) is 28.0 Å². The maximum Gasteiger partial charge on any atom is 0.141 e. The molecule has 0 amide bonds. The molecule has 0 spiro atoms. The van der Waals surface area contributed by atoms with E-state index in [2.05, 4.69) is 28.5 Å². The predicted octanol–water partition coefficient (Wildman–Crippen LogP) is 1.32. The van der Waals surface area contributed by atoms with Crippen molar-refractivity contribution in [2.45, 2.75) is 19.5 Å². The summed E-state index contributed by atoms with van der Waals surface area (Å²) in [5.41, 5.74) is 0. The highest BCUT2D eigenvalue weighted by Crippen LogP contribution is 1.96. The molecule has 3 nitrogen and oxygen atoms in total. The molecule has 0 saturated carbocycles. The van der Waals surface area contributed by atoms with Gasteiger partial charge in [0.15, 0.2) is 0 Å². The second-order valence-electron chi connectivity index (χ2n) is 2.90. The lowest BCUT2D eigenvalue weighted by atomic mass is 10.4. The van der Waals surface area contributed by atoms with Crippen molar-refractivity contribution in [1.82, 2.24) is 15.3 Å². The topological polar surface area (TPSA) is 37.8 Å². The average molecular weight is 197 g/mol. The van der Waals surface area contributed by atoms with Gasteiger partial charge in [0, 0.05) is 24.2 Å². The van der Waals surface area contributed by atoms with Gasteiger partial charge in [0.25, 0.3) is 0 Å². The van der Waals surface area contributed by atoms with Crippen LogP contribution in [0.4, 0.5) is 0 Å². The van der Waals surface area contributed by atoms with Gasteiger partial charge in [-0.05, 0) is 19.2 Å². The molecule has 1 rings (SSSR count). The number of nitrogens with one attached hydrogen (secondary N) is 1. The van der Waals surface area contributed by atoms with Gasteiger partial charge in [-0.1, -0.05) is 0 Å².